The molecule has 1 aromatic rings. The van der Waals surface area contributed by atoms with Crippen LogP contribution in [0.3, 0.4) is 0 Å². The van der Waals surface area contributed by atoms with Gasteiger partial charge in [-0.25, -0.2) is 0 Å². The van der Waals surface area contributed by atoms with Gasteiger partial charge in [-0.1, -0.05) is 11.3 Å². The number of nitrogens with zero attached hydrogens (tertiary/aromatic N) is 2. The fourth-order valence-corrected chi connectivity index (χ4v) is 2.67. The minimum Gasteiger partial charge on any atom is -0.374 e. The first-order chi connectivity index (χ1) is 9.08. The van der Waals surface area contributed by atoms with Gasteiger partial charge < -0.3 is 15.0 Å². The van der Waals surface area contributed by atoms with Crippen LogP contribution >= 0.6 is 11.3 Å². The van der Waals surface area contributed by atoms with Crippen LogP contribution in [0, 0.1) is 10.1 Å². The van der Waals surface area contributed by atoms with Crippen molar-refractivity contribution in [3.8, 4) is 0 Å². The van der Waals surface area contributed by atoms with Crippen molar-refractivity contribution in [2.24, 2.45) is 0 Å². The van der Waals surface area contributed by atoms with E-state index in [4.69, 9.17) is 4.74 Å². The molecule has 1 aliphatic rings. The molecule has 1 atom stereocenters. The van der Waals surface area contributed by atoms with Crippen molar-refractivity contribution in [1.29, 1.82) is 0 Å². The minimum absolute atomic E-state index is 0.0210. The highest BCUT2D eigenvalue weighted by Crippen LogP contribution is 2.24. The van der Waals surface area contributed by atoms with Crippen molar-refractivity contribution in [2.75, 3.05) is 33.3 Å². The second-order valence-electron chi connectivity index (χ2n) is 4.28. The zero-order valence-corrected chi connectivity index (χ0v) is 11.3. The molecule has 1 saturated heterocycles. The quantitative estimate of drug-likeness (QED) is 0.651. The van der Waals surface area contributed by atoms with E-state index in [2.05, 4.69) is 5.32 Å². The first kappa shape index (κ1) is 13.9. The molecule has 0 aliphatic carbocycles. The zero-order chi connectivity index (χ0) is 13.8. The first-order valence-electron chi connectivity index (χ1n) is 5.90. The maximum atomic E-state index is 12.1. The molecule has 0 radical (unpaired) electrons. The van der Waals surface area contributed by atoms with E-state index in [0.717, 1.165) is 17.9 Å². The van der Waals surface area contributed by atoms with Gasteiger partial charge in [0.2, 0.25) is 0 Å². The van der Waals surface area contributed by atoms with Gasteiger partial charge in [-0.05, 0) is 6.07 Å². The molecular weight excluding hydrogens is 270 g/mol. The lowest BCUT2D eigenvalue weighted by Crippen LogP contribution is -2.45. The van der Waals surface area contributed by atoms with Gasteiger partial charge in [-0.2, -0.15) is 0 Å². The molecule has 2 heterocycles. The van der Waals surface area contributed by atoms with Gasteiger partial charge in [0, 0.05) is 32.7 Å². The Morgan fingerprint density at radius 3 is 3.05 bits per heavy atom. The summed E-state index contributed by atoms with van der Waals surface area (Å²) in [6.07, 6.45) is -0.0300. The van der Waals surface area contributed by atoms with Crippen LogP contribution in [0.2, 0.25) is 0 Å². The Bertz CT molecular complexity index is 470. The summed E-state index contributed by atoms with van der Waals surface area (Å²) < 4.78 is 5.52. The highest BCUT2D eigenvalue weighted by Gasteiger charge is 2.22. The van der Waals surface area contributed by atoms with Crippen LogP contribution < -0.4 is 5.32 Å². The van der Waals surface area contributed by atoms with Crippen LogP contribution in [0.25, 0.3) is 0 Å². The van der Waals surface area contributed by atoms with E-state index in [-0.39, 0.29) is 17.0 Å². The van der Waals surface area contributed by atoms with E-state index in [1.54, 1.807) is 7.05 Å². The number of carbonyl (C=O) groups is 1. The number of carbonyl (C=O) groups excluding carboxylic acids is 1. The maximum absolute atomic E-state index is 12.1. The van der Waals surface area contributed by atoms with Crippen LogP contribution in [0.1, 0.15) is 9.67 Å². The van der Waals surface area contributed by atoms with Gasteiger partial charge in [0.25, 0.3) is 5.91 Å². The molecule has 1 N–H and O–H groups in total. The summed E-state index contributed by atoms with van der Waals surface area (Å²) in [6.45, 7) is 2.64. The third-order valence-corrected chi connectivity index (χ3v) is 3.84. The molecule has 0 saturated carbocycles. The largest absolute Gasteiger partial charge is 0.374 e. The fourth-order valence-electron chi connectivity index (χ4n) is 1.85. The van der Waals surface area contributed by atoms with Crippen molar-refractivity contribution in [3.05, 3.63) is 27.1 Å². The molecule has 0 spiro atoms. The monoisotopic (exact) mass is 285 g/mol. The number of hydrogen-bond acceptors (Lipinski definition) is 6. The number of morpholine rings is 1. The predicted molar refractivity (Wildman–Crippen MR) is 70.5 cm³/mol. The smallest absolute Gasteiger partial charge is 0.324 e. The van der Waals surface area contributed by atoms with Crippen molar-refractivity contribution < 1.29 is 14.5 Å². The van der Waals surface area contributed by atoms with Crippen molar-refractivity contribution in [1.82, 2.24) is 10.2 Å². The summed E-state index contributed by atoms with van der Waals surface area (Å²) in [7, 11) is 1.67. The SMILES string of the molecule is CN(CC1CNCCO1)C(=O)c1ccc([N+](=O)[O-])s1. The average molecular weight is 285 g/mol. The van der Waals surface area contributed by atoms with Gasteiger partial charge in [0.05, 0.1) is 22.5 Å². The summed E-state index contributed by atoms with van der Waals surface area (Å²) >= 11 is 0.893. The lowest BCUT2D eigenvalue weighted by Gasteiger charge is -2.27. The summed E-state index contributed by atoms with van der Waals surface area (Å²) in [4.78, 5) is 24.1. The lowest BCUT2D eigenvalue weighted by molar-refractivity contribution is -0.380. The van der Waals surface area contributed by atoms with Crippen molar-refractivity contribution in [2.45, 2.75) is 6.10 Å². The number of ether oxygens (including phenoxy) is 1. The number of nitrogens with one attached hydrogen (secondary N) is 1. The molecule has 8 heteroatoms. The van der Waals surface area contributed by atoms with E-state index < -0.39 is 4.92 Å². The highest BCUT2D eigenvalue weighted by molar-refractivity contribution is 7.17. The Labute approximate surface area is 114 Å². The standard InChI is InChI=1S/C11H15N3O4S/c1-13(7-8-6-12-4-5-18-8)11(15)9-2-3-10(19-9)14(16)17/h2-3,8,12H,4-7H2,1H3. The minimum atomic E-state index is -0.490. The number of thiophene rings is 1. The van der Waals surface area contributed by atoms with Crippen LogP contribution in [0.4, 0.5) is 5.00 Å². The maximum Gasteiger partial charge on any atom is 0.324 e. The average Bonchev–Trinajstić information content (AvgIpc) is 2.88. The summed E-state index contributed by atoms with van der Waals surface area (Å²) in [5, 5.41) is 13.8. The molecule has 1 fully saturated rings. The second-order valence-corrected chi connectivity index (χ2v) is 5.34. The van der Waals surface area contributed by atoms with E-state index >= 15 is 0 Å². The second kappa shape index (κ2) is 6.09. The van der Waals surface area contributed by atoms with Crippen molar-refractivity contribution >= 4 is 22.2 Å². The normalized spacial score (nSPS) is 19.1. The Kier molecular flexibility index (Phi) is 4.46. The Morgan fingerprint density at radius 2 is 2.47 bits per heavy atom. The highest BCUT2D eigenvalue weighted by atomic mass is 32.1. The Hall–Kier alpha value is -1.51. The fraction of sp³-hybridized carbons (Fsp3) is 0.545. The van der Waals surface area contributed by atoms with E-state index in [1.165, 1.54) is 17.0 Å². The topological polar surface area (TPSA) is 84.7 Å². The molecule has 1 unspecified atom stereocenters. The van der Waals surface area contributed by atoms with Crippen LogP contribution in [-0.2, 0) is 4.74 Å². The molecule has 19 heavy (non-hydrogen) atoms. The number of likely N-dealkylation sites (N-methyl/N-ethyl adjacent to an activating group) is 1. The first-order valence-corrected chi connectivity index (χ1v) is 6.71. The molecule has 2 rings (SSSR count). The van der Waals surface area contributed by atoms with Crippen molar-refractivity contribution in [3.63, 3.8) is 0 Å². The third kappa shape index (κ3) is 3.49. The molecule has 0 aromatic carbocycles. The summed E-state index contributed by atoms with van der Waals surface area (Å²) in [6, 6.07) is 2.84. The third-order valence-electron chi connectivity index (χ3n) is 2.81. The molecular formula is C11H15N3O4S. The van der Waals surface area contributed by atoms with Gasteiger partial charge in [-0.15, -0.1) is 0 Å². The van der Waals surface area contributed by atoms with Gasteiger partial charge in [-0.3, -0.25) is 14.9 Å². The van der Waals surface area contributed by atoms with E-state index in [1.807, 2.05) is 0 Å². The zero-order valence-electron chi connectivity index (χ0n) is 10.5. The van der Waals surface area contributed by atoms with Crippen LogP contribution in [0.5, 0.6) is 0 Å². The Balaban J connectivity index is 1.95. The molecule has 1 amide bonds. The summed E-state index contributed by atoms with van der Waals surface area (Å²) in [5.74, 6) is -0.215. The molecule has 104 valence electrons. The van der Waals surface area contributed by atoms with Gasteiger partial charge >= 0.3 is 5.00 Å². The predicted octanol–water partition coefficient (Wildman–Crippen LogP) is 0.717. The summed E-state index contributed by atoms with van der Waals surface area (Å²) in [5.41, 5.74) is 0. The Morgan fingerprint density at radius 1 is 1.68 bits per heavy atom. The molecule has 7 nitrogen and oxygen atoms in total. The van der Waals surface area contributed by atoms with E-state index in [9.17, 15) is 14.9 Å². The number of rotatable bonds is 4. The lowest BCUT2D eigenvalue weighted by atomic mass is 10.3. The van der Waals surface area contributed by atoms with Crippen LogP contribution in [-0.4, -0.2) is 55.1 Å². The molecule has 1 aromatic heterocycles. The van der Waals surface area contributed by atoms with Gasteiger partial charge in [0.1, 0.15) is 0 Å². The van der Waals surface area contributed by atoms with E-state index in [0.29, 0.717) is 24.6 Å². The number of nitro groups is 1. The molecule has 1 aliphatic heterocycles. The number of amides is 1. The number of hydrogen-bond donors (Lipinski definition) is 1. The van der Waals surface area contributed by atoms with Gasteiger partial charge in [0.15, 0.2) is 0 Å². The van der Waals surface area contributed by atoms with Crippen LogP contribution in [0.15, 0.2) is 12.1 Å². The molecule has 0 bridgehead atoms.